The average molecular weight is 456 g/mol. The Bertz CT molecular complexity index is 1160. The molecule has 2 heterocycles. The molecule has 1 fully saturated rings. The number of likely N-dealkylation sites (tertiary alicyclic amines) is 1. The molecule has 5 nitrogen and oxygen atoms in total. The normalized spacial score (nSPS) is 14.3. The largest absolute Gasteiger partial charge is 0.496 e. The van der Waals surface area contributed by atoms with E-state index >= 15 is 0 Å². The Morgan fingerprint density at radius 1 is 1.00 bits per heavy atom. The van der Waals surface area contributed by atoms with E-state index in [1.165, 1.54) is 17.0 Å². The molecule has 1 aliphatic rings. The molecule has 0 radical (unpaired) electrons. The first-order valence-electron chi connectivity index (χ1n) is 10.6. The number of amides is 1. The number of pyridine rings is 1. The maximum Gasteiger partial charge on any atom is 0.256 e. The fourth-order valence-corrected chi connectivity index (χ4v) is 3.99. The maximum absolute atomic E-state index is 14.7. The minimum atomic E-state index is -0.884. The number of methoxy groups -OCH3 is 1. The molecular formula is C25H23F3N2O3. The van der Waals surface area contributed by atoms with Crippen molar-refractivity contribution in [1.29, 1.82) is 0 Å². The highest BCUT2D eigenvalue weighted by Gasteiger charge is 2.28. The Morgan fingerprint density at radius 3 is 2.36 bits per heavy atom. The number of piperidine rings is 1. The van der Waals surface area contributed by atoms with E-state index in [9.17, 15) is 18.0 Å². The quantitative estimate of drug-likeness (QED) is 0.500. The third-order valence-corrected chi connectivity index (χ3v) is 5.77. The summed E-state index contributed by atoms with van der Waals surface area (Å²) in [4.78, 5) is 18.8. The zero-order valence-electron chi connectivity index (χ0n) is 18.3. The van der Waals surface area contributed by atoms with Crippen molar-refractivity contribution in [3.05, 3.63) is 82.9 Å². The van der Waals surface area contributed by atoms with E-state index in [0.29, 0.717) is 25.9 Å². The molecule has 3 aromatic rings. The molecule has 1 aromatic heterocycles. The van der Waals surface area contributed by atoms with Crippen molar-refractivity contribution in [3.63, 3.8) is 0 Å². The third-order valence-electron chi connectivity index (χ3n) is 5.77. The molecule has 0 spiro atoms. The van der Waals surface area contributed by atoms with Crippen LogP contribution < -0.4 is 9.47 Å². The molecular weight excluding hydrogens is 433 g/mol. The molecule has 2 aromatic carbocycles. The summed E-state index contributed by atoms with van der Waals surface area (Å²) in [5.41, 5.74) is 1.48. The topological polar surface area (TPSA) is 51.7 Å². The van der Waals surface area contributed by atoms with Crippen LogP contribution in [0.5, 0.6) is 17.2 Å². The minimum absolute atomic E-state index is 0.150. The van der Waals surface area contributed by atoms with Gasteiger partial charge in [-0.05, 0) is 56.0 Å². The third kappa shape index (κ3) is 4.94. The SMILES string of the molecule is COc1cc(C)ncc1C1CCN(C(=O)c2cc(F)c(Oc3ccc(F)cc3)cc2F)CC1. The molecule has 0 N–H and O–H groups in total. The molecule has 8 heteroatoms. The zero-order chi connectivity index (χ0) is 23.5. The van der Waals surface area contributed by atoms with E-state index in [1.54, 1.807) is 13.3 Å². The number of benzene rings is 2. The van der Waals surface area contributed by atoms with Gasteiger partial charge in [0, 0.05) is 42.7 Å². The molecule has 0 saturated carbocycles. The fourth-order valence-electron chi connectivity index (χ4n) is 3.99. The van der Waals surface area contributed by atoms with Gasteiger partial charge in [0.25, 0.3) is 5.91 Å². The molecule has 4 rings (SSSR count). The molecule has 1 saturated heterocycles. The lowest BCUT2D eigenvalue weighted by Gasteiger charge is -2.32. The highest BCUT2D eigenvalue weighted by Crippen LogP contribution is 2.35. The molecule has 0 aliphatic carbocycles. The number of aryl methyl sites for hydroxylation is 1. The zero-order valence-corrected chi connectivity index (χ0v) is 18.3. The van der Waals surface area contributed by atoms with Crippen LogP contribution in [0.4, 0.5) is 13.2 Å². The first-order chi connectivity index (χ1) is 15.9. The van der Waals surface area contributed by atoms with Gasteiger partial charge in [-0.25, -0.2) is 13.2 Å². The highest BCUT2D eigenvalue weighted by atomic mass is 19.1. The Kier molecular flexibility index (Phi) is 6.53. The van der Waals surface area contributed by atoms with E-state index in [4.69, 9.17) is 9.47 Å². The Balaban J connectivity index is 1.45. The van der Waals surface area contributed by atoms with Gasteiger partial charge in [-0.2, -0.15) is 0 Å². The van der Waals surface area contributed by atoms with Crippen LogP contribution in [-0.2, 0) is 0 Å². The van der Waals surface area contributed by atoms with Crippen LogP contribution in [0.1, 0.15) is 40.4 Å². The number of halogens is 3. The second-order valence-corrected chi connectivity index (χ2v) is 7.95. The number of carbonyl (C=O) groups is 1. The van der Waals surface area contributed by atoms with Gasteiger partial charge >= 0.3 is 0 Å². The lowest BCUT2D eigenvalue weighted by atomic mass is 9.89. The van der Waals surface area contributed by atoms with E-state index in [-0.39, 0.29) is 23.0 Å². The molecule has 1 aliphatic heterocycles. The summed E-state index contributed by atoms with van der Waals surface area (Å²) in [7, 11) is 1.61. The number of hydrogen-bond donors (Lipinski definition) is 0. The van der Waals surface area contributed by atoms with Gasteiger partial charge in [0.1, 0.15) is 23.1 Å². The van der Waals surface area contributed by atoms with Crippen LogP contribution in [0.2, 0.25) is 0 Å². The van der Waals surface area contributed by atoms with Crippen molar-refractivity contribution in [2.75, 3.05) is 20.2 Å². The van der Waals surface area contributed by atoms with Crippen LogP contribution in [0.3, 0.4) is 0 Å². The minimum Gasteiger partial charge on any atom is -0.496 e. The summed E-state index contributed by atoms with van der Waals surface area (Å²) in [5.74, 6) is -2.13. The van der Waals surface area contributed by atoms with Gasteiger partial charge in [0.15, 0.2) is 11.6 Å². The fraction of sp³-hybridized carbons (Fsp3) is 0.280. The summed E-state index contributed by atoms with van der Waals surface area (Å²) >= 11 is 0. The highest BCUT2D eigenvalue weighted by molar-refractivity contribution is 5.94. The first-order valence-corrected chi connectivity index (χ1v) is 10.6. The van der Waals surface area contributed by atoms with Gasteiger partial charge in [-0.3, -0.25) is 9.78 Å². The summed E-state index contributed by atoms with van der Waals surface area (Å²) < 4.78 is 53.1. The first kappa shape index (κ1) is 22.6. The predicted octanol–water partition coefficient (Wildman–Crippen LogP) is 5.63. The number of nitrogens with zero attached hydrogens (tertiary/aromatic N) is 2. The van der Waals surface area contributed by atoms with Crippen LogP contribution in [0.25, 0.3) is 0 Å². The van der Waals surface area contributed by atoms with Gasteiger partial charge in [0.2, 0.25) is 0 Å². The van der Waals surface area contributed by atoms with Crippen LogP contribution in [0, 0.1) is 24.4 Å². The number of rotatable bonds is 5. The summed E-state index contributed by atoms with van der Waals surface area (Å²) in [6.07, 6.45) is 3.11. The van der Waals surface area contributed by atoms with Gasteiger partial charge in [-0.15, -0.1) is 0 Å². The summed E-state index contributed by atoms with van der Waals surface area (Å²) in [5, 5.41) is 0. The van der Waals surface area contributed by atoms with Crippen LogP contribution >= 0.6 is 0 Å². The van der Waals surface area contributed by atoms with Crippen molar-refractivity contribution in [1.82, 2.24) is 9.88 Å². The van der Waals surface area contributed by atoms with E-state index in [2.05, 4.69) is 4.98 Å². The Labute approximate surface area is 189 Å². The van der Waals surface area contributed by atoms with Crippen molar-refractivity contribution >= 4 is 5.91 Å². The average Bonchev–Trinajstić information content (AvgIpc) is 2.82. The van der Waals surface area contributed by atoms with Crippen molar-refractivity contribution < 1.29 is 27.4 Å². The van der Waals surface area contributed by atoms with Crippen molar-refractivity contribution in [3.8, 4) is 17.2 Å². The molecule has 172 valence electrons. The van der Waals surface area contributed by atoms with Crippen LogP contribution in [-0.4, -0.2) is 36.0 Å². The number of hydrogen-bond acceptors (Lipinski definition) is 4. The van der Waals surface area contributed by atoms with E-state index < -0.39 is 23.4 Å². The smallest absolute Gasteiger partial charge is 0.256 e. The van der Waals surface area contributed by atoms with E-state index in [0.717, 1.165) is 41.3 Å². The summed E-state index contributed by atoms with van der Waals surface area (Å²) in [6.45, 7) is 2.68. The van der Waals surface area contributed by atoms with Crippen LogP contribution in [0.15, 0.2) is 48.7 Å². The predicted molar refractivity (Wildman–Crippen MR) is 116 cm³/mol. The number of aromatic nitrogens is 1. The standard InChI is InChI=1S/C25H23F3N2O3/c1-15-11-23(32-2)20(14-29-15)16-7-9-30(10-8-16)25(31)19-12-22(28)24(13-21(19)27)33-18-5-3-17(26)4-6-18/h3-6,11-14,16H,7-10H2,1-2H3. The molecule has 0 unspecified atom stereocenters. The second-order valence-electron chi connectivity index (χ2n) is 7.95. The Morgan fingerprint density at radius 2 is 1.70 bits per heavy atom. The second kappa shape index (κ2) is 9.52. The van der Waals surface area contributed by atoms with Gasteiger partial charge < -0.3 is 14.4 Å². The maximum atomic E-state index is 14.7. The van der Waals surface area contributed by atoms with Crippen molar-refractivity contribution in [2.24, 2.45) is 0 Å². The monoisotopic (exact) mass is 456 g/mol. The van der Waals surface area contributed by atoms with E-state index in [1.807, 2.05) is 13.0 Å². The number of ether oxygens (including phenoxy) is 2. The van der Waals surface area contributed by atoms with Gasteiger partial charge in [0.05, 0.1) is 12.7 Å². The molecule has 0 atom stereocenters. The summed E-state index contributed by atoms with van der Waals surface area (Å²) in [6, 6.07) is 8.45. The lowest BCUT2D eigenvalue weighted by molar-refractivity contribution is 0.0707. The number of carbonyl (C=O) groups excluding carboxylic acids is 1. The molecule has 0 bridgehead atoms. The molecule has 33 heavy (non-hydrogen) atoms. The molecule has 1 amide bonds. The Hall–Kier alpha value is -3.55. The van der Waals surface area contributed by atoms with Gasteiger partial charge in [-0.1, -0.05) is 0 Å². The lowest BCUT2D eigenvalue weighted by Crippen LogP contribution is -2.38. The van der Waals surface area contributed by atoms with Crippen molar-refractivity contribution in [2.45, 2.75) is 25.7 Å².